The smallest absolute Gasteiger partial charge is 0.221 e. The molecule has 24 heavy (non-hydrogen) atoms. The van der Waals surface area contributed by atoms with Crippen molar-refractivity contribution in [3.8, 4) is 0 Å². The molecule has 0 atom stereocenters. The number of Topliss-reactive ketones (excluding diaryl/α,β-unsaturated/α-hetero) is 1. The standard InChI is InChI=1S/C15H16FN3O2S3/c1-3-6-22-14-18-19-15(24-14)23-8-13(21)11-5-4-10(7-12(11)16)17-9(2)20/h4-5,7H,3,6,8H2,1-2H3,(H,17,20). The maximum Gasteiger partial charge on any atom is 0.221 e. The molecule has 128 valence electrons. The molecule has 2 aromatic rings. The van der Waals surface area contributed by atoms with Gasteiger partial charge in [0.15, 0.2) is 14.5 Å². The highest BCUT2D eigenvalue weighted by Gasteiger charge is 2.14. The molecule has 0 aliphatic heterocycles. The highest BCUT2D eigenvalue weighted by atomic mass is 32.2. The Hall–Kier alpha value is -1.45. The third-order valence-corrected chi connectivity index (χ3v) is 6.13. The Balaban J connectivity index is 1.94. The first-order valence-electron chi connectivity index (χ1n) is 7.19. The summed E-state index contributed by atoms with van der Waals surface area (Å²) in [7, 11) is 0. The number of halogens is 1. The van der Waals surface area contributed by atoms with E-state index in [1.165, 1.54) is 42.2 Å². The molecule has 0 saturated heterocycles. The summed E-state index contributed by atoms with van der Waals surface area (Å²) in [6, 6.07) is 4.03. The van der Waals surface area contributed by atoms with E-state index < -0.39 is 5.82 Å². The molecule has 1 heterocycles. The molecular weight excluding hydrogens is 369 g/mol. The van der Waals surface area contributed by atoms with Gasteiger partial charge < -0.3 is 5.32 Å². The molecule has 0 fully saturated rings. The quantitative estimate of drug-likeness (QED) is 0.544. The van der Waals surface area contributed by atoms with Gasteiger partial charge in [-0.3, -0.25) is 9.59 Å². The fourth-order valence-electron chi connectivity index (χ4n) is 1.73. The minimum Gasteiger partial charge on any atom is -0.326 e. The molecule has 5 nitrogen and oxygen atoms in total. The van der Waals surface area contributed by atoms with E-state index in [2.05, 4.69) is 22.4 Å². The van der Waals surface area contributed by atoms with Gasteiger partial charge in [0.25, 0.3) is 0 Å². The van der Waals surface area contributed by atoms with E-state index in [0.29, 0.717) is 10.0 Å². The summed E-state index contributed by atoms with van der Waals surface area (Å²) in [5, 5.41) is 10.5. The zero-order chi connectivity index (χ0) is 17.5. The first-order valence-corrected chi connectivity index (χ1v) is 9.97. The molecule has 0 bridgehead atoms. The predicted molar refractivity (Wildman–Crippen MR) is 96.7 cm³/mol. The highest BCUT2D eigenvalue weighted by molar-refractivity contribution is 8.03. The largest absolute Gasteiger partial charge is 0.326 e. The molecule has 2 rings (SSSR count). The molecule has 0 aliphatic carbocycles. The van der Waals surface area contributed by atoms with Crippen LogP contribution in [0.4, 0.5) is 10.1 Å². The lowest BCUT2D eigenvalue weighted by Crippen LogP contribution is -2.09. The third kappa shape index (κ3) is 5.57. The number of anilines is 1. The topological polar surface area (TPSA) is 72.0 Å². The number of nitrogens with one attached hydrogen (secondary N) is 1. The number of amides is 1. The fourth-order valence-corrected chi connectivity index (χ4v) is 4.56. The van der Waals surface area contributed by atoms with Crippen molar-refractivity contribution in [2.24, 2.45) is 0 Å². The van der Waals surface area contributed by atoms with Crippen molar-refractivity contribution in [1.82, 2.24) is 10.2 Å². The molecule has 0 spiro atoms. The molecule has 1 aromatic carbocycles. The van der Waals surface area contributed by atoms with E-state index in [1.807, 2.05) is 0 Å². The molecular formula is C15H16FN3O2S3. The van der Waals surface area contributed by atoms with Crippen LogP contribution in [0.3, 0.4) is 0 Å². The normalized spacial score (nSPS) is 10.6. The first kappa shape index (κ1) is 18.9. The fraction of sp³-hybridized carbons (Fsp3) is 0.333. The minimum absolute atomic E-state index is 0.00157. The van der Waals surface area contributed by atoms with Crippen molar-refractivity contribution in [3.63, 3.8) is 0 Å². The van der Waals surface area contributed by atoms with Crippen molar-refractivity contribution in [2.45, 2.75) is 28.9 Å². The third-order valence-electron chi connectivity index (χ3n) is 2.73. The van der Waals surface area contributed by atoms with Crippen molar-refractivity contribution in [2.75, 3.05) is 16.8 Å². The summed E-state index contributed by atoms with van der Waals surface area (Å²) in [6.45, 7) is 3.43. The monoisotopic (exact) mass is 385 g/mol. The summed E-state index contributed by atoms with van der Waals surface area (Å²) >= 11 is 4.31. The summed E-state index contributed by atoms with van der Waals surface area (Å²) < 4.78 is 15.6. The lowest BCUT2D eigenvalue weighted by molar-refractivity contribution is -0.114. The molecule has 1 aromatic heterocycles. The van der Waals surface area contributed by atoms with Gasteiger partial charge in [-0.2, -0.15) is 0 Å². The van der Waals surface area contributed by atoms with Gasteiger partial charge in [0.2, 0.25) is 5.91 Å². The van der Waals surface area contributed by atoms with Gasteiger partial charge in [-0.1, -0.05) is 41.8 Å². The Bertz CT molecular complexity index is 737. The number of carbonyl (C=O) groups excluding carboxylic acids is 2. The van der Waals surface area contributed by atoms with Crippen LogP contribution < -0.4 is 5.32 Å². The lowest BCUT2D eigenvalue weighted by Gasteiger charge is -2.05. The van der Waals surface area contributed by atoms with Gasteiger partial charge in [-0.05, 0) is 24.6 Å². The second-order valence-corrected chi connectivity index (χ2v) is 8.31. The molecule has 0 aliphatic rings. The number of ketones is 1. The van der Waals surface area contributed by atoms with E-state index in [0.717, 1.165) is 22.6 Å². The van der Waals surface area contributed by atoms with Crippen LogP contribution in [0.2, 0.25) is 0 Å². The molecule has 0 unspecified atom stereocenters. The van der Waals surface area contributed by atoms with Crippen molar-refractivity contribution >= 4 is 52.2 Å². The number of carbonyl (C=O) groups is 2. The summed E-state index contributed by atoms with van der Waals surface area (Å²) in [4.78, 5) is 23.1. The molecule has 9 heteroatoms. The number of aromatic nitrogens is 2. The van der Waals surface area contributed by atoms with Crippen molar-refractivity contribution in [1.29, 1.82) is 0 Å². The SMILES string of the molecule is CCCSc1nnc(SCC(=O)c2ccc(NC(C)=O)cc2F)s1. The Morgan fingerprint density at radius 2 is 1.96 bits per heavy atom. The average Bonchev–Trinajstić information content (AvgIpc) is 2.98. The van der Waals surface area contributed by atoms with Crippen LogP contribution in [-0.4, -0.2) is 33.4 Å². The predicted octanol–water partition coefficient (Wildman–Crippen LogP) is 4.11. The second-order valence-electron chi connectivity index (χ2n) is 4.77. The van der Waals surface area contributed by atoms with Gasteiger partial charge in [-0.15, -0.1) is 10.2 Å². The van der Waals surface area contributed by atoms with Gasteiger partial charge in [0.1, 0.15) is 5.82 Å². The van der Waals surface area contributed by atoms with Crippen LogP contribution in [-0.2, 0) is 4.79 Å². The van der Waals surface area contributed by atoms with Crippen LogP contribution in [0.1, 0.15) is 30.6 Å². The average molecular weight is 386 g/mol. The van der Waals surface area contributed by atoms with E-state index >= 15 is 0 Å². The van der Waals surface area contributed by atoms with Gasteiger partial charge in [0, 0.05) is 18.4 Å². The molecule has 0 radical (unpaired) electrons. The Morgan fingerprint density at radius 1 is 1.25 bits per heavy atom. The van der Waals surface area contributed by atoms with Crippen LogP contribution in [0.5, 0.6) is 0 Å². The molecule has 1 N–H and O–H groups in total. The summed E-state index contributed by atoms with van der Waals surface area (Å²) in [5.74, 6) is -0.210. The number of thioether (sulfide) groups is 2. The zero-order valence-corrected chi connectivity index (χ0v) is 15.6. The lowest BCUT2D eigenvalue weighted by atomic mass is 10.1. The first-order chi connectivity index (χ1) is 11.5. The van der Waals surface area contributed by atoms with Crippen molar-refractivity contribution in [3.05, 3.63) is 29.6 Å². The number of hydrogen-bond acceptors (Lipinski definition) is 7. The van der Waals surface area contributed by atoms with Gasteiger partial charge in [0.05, 0.1) is 11.3 Å². The number of hydrogen-bond donors (Lipinski definition) is 1. The zero-order valence-electron chi connectivity index (χ0n) is 13.2. The minimum atomic E-state index is -0.650. The van der Waals surface area contributed by atoms with Crippen LogP contribution in [0.15, 0.2) is 26.9 Å². The number of benzene rings is 1. The van der Waals surface area contributed by atoms with Gasteiger partial charge >= 0.3 is 0 Å². The van der Waals surface area contributed by atoms with E-state index in [1.54, 1.807) is 11.8 Å². The second kappa shape index (κ2) is 9.14. The Kier molecular flexibility index (Phi) is 7.19. The number of rotatable bonds is 8. The van der Waals surface area contributed by atoms with E-state index in [-0.39, 0.29) is 23.0 Å². The Labute approximate surface area is 151 Å². The summed E-state index contributed by atoms with van der Waals surface area (Å²) in [6.07, 6.45) is 1.05. The number of nitrogens with zero attached hydrogens (tertiary/aromatic N) is 2. The van der Waals surface area contributed by atoms with Crippen LogP contribution in [0, 0.1) is 5.82 Å². The van der Waals surface area contributed by atoms with Gasteiger partial charge in [-0.25, -0.2) is 4.39 Å². The highest BCUT2D eigenvalue weighted by Crippen LogP contribution is 2.29. The van der Waals surface area contributed by atoms with Crippen LogP contribution in [0.25, 0.3) is 0 Å². The van der Waals surface area contributed by atoms with Crippen LogP contribution >= 0.6 is 34.9 Å². The maximum absolute atomic E-state index is 14.0. The van der Waals surface area contributed by atoms with E-state index in [9.17, 15) is 14.0 Å². The Morgan fingerprint density at radius 3 is 2.58 bits per heavy atom. The molecule has 0 saturated carbocycles. The summed E-state index contributed by atoms with van der Waals surface area (Å²) in [5.41, 5.74) is 0.326. The van der Waals surface area contributed by atoms with Crippen molar-refractivity contribution < 1.29 is 14.0 Å². The maximum atomic E-state index is 14.0. The molecule has 1 amide bonds. The van der Waals surface area contributed by atoms with E-state index in [4.69, 9.17) is 0 Å².